The van der Waals surface area contributed by atoms with Crippen LogP contribution in [0, 0.1) is 5.82 Å². The van der Waals surface area contributed by atoms with Crippen LogP contribution in [0.25, 0.3) is 0 Å². The molecule has 3 N–H and O–H groups in total. The van der Waals surface area contributed by atoms with Gasteiger partial charge in [-0.2, -0.15) is 13.2 Å². The quantitative estimate of drug-likeness (QED) is 0.489. The average Bonchev–Trinajstić information content (AvgIpc) is 3.31. The summed E-state index contributed by atoms with van der Waals surface area (Å²) in [6.07, 6.45) is -4.55. The van der Waals surface area contributed by atoms with Crippen molar-refractivity contribution < 1.29 is 36.7 Å². The van der Waals surface area contributed by atoms with Gasteiger partial charge in [-0.05, 0) is 24.5 Å². The molecule has 0 aromatic heterocycles. The minimum absolute atomic E-state index is 0.0118. The van der Waals surface area contributed by atoms with Crippen LogP contribution >= 0.6 is 0 Å². The molecule has 1 saturated heterocycles. The van der Waals surface area contributed by atoms with E-state index in [2.05, 4.69) is 10.1 Å². The van der Waals surface area contributed by atoms with Gasteiger partial charge in [-0.3, -0.25) is 9.59 Å². The van der Waals surface area contributed by atoms with E-state index in [1.54, 1.807) is 18.2 Å². The molecule has 1 aromatic rings. The highest BCUT2D eigenvalue weighted by Crippen LogP contribution is 2.41. The number of esters is 1. The Morgan fingerprint density at radius 1 is 1.26 bits per heavy atom. The number of rotatable bonds is 7. The summed E-state index contributed by atoms with van der Waals surface area (Å²) in [6.45, 7) is 0.506. The van der Waals surface area contributed by atoms with Crippen LogP contribution in [0.1, 0.15) is 31.2 Å². The lowest BCUT2D eigenvalue weighted by Gasteiger charge is -2.21. The Bertz CT molecular complexity index is 857. The van der Waals surface area contributed by atoms with E-state index >= 15 is 0 Å². The number of alkyl halides is 3. The first-order valence-electron chi connectivity index (χ1n) is 9.88. The fourth-order valence-corrected chi connectivity index (χ4v) is 3.52. The molecule has 1 aromatic carbocycles. The molecule has 2 atom stereocenters. The molecule has 1 saturated carbocycles. The maximum absolute atomic E-state index is 13.7. The lowest BCUT2D eigenvalue weighted by atomic mass is 10.0. The lowest BCUT2D eigenvalue weighted by molar-refractivity contribution is -0.207. The largest absolute Gasteiger partial charge is 0.490 e. The molecule has 0 radical (unpaired) electrons. The van der Waals surface area contributed by atoms with Gasteiger partial charge in [0.15, 0.2) is 5.60 Å². The molecule has 0 unspecified atom stereocenters. The summed E-state index contributed by atoms with van der Waals surface area (Å²) < 4.78 is 55.3. The van der Waals surface area contributed by atoms with E-state index in [-0.39, 0.29) is 38.1 Å². The van der Waals surface area contributed by atoms with Crippen molar-refractivity contribution >= 4 is 17.8 Å². The molecule has 11 heteroatoms. The topological polar surface area (TPSA) is 102 Å². The smallest absolute Gasteiger partial charge is 0.442 e. The van der Waals surface area contributed by atoms with Crippen LogP contribution in [0.4, 0.5) is 17.6 Å². The zero-order valence-corrected chi connectivity index (χ0v) is 16.6. The first-order chi connectivity index (χ1) is 14.5. The molecule has 2 aliphatic rings. The Morgan fingerprint density at radius 2 is 1.94 bits per heavy atom. The van der Waals surface area contributed by atoms with Gasteiger partial charge in [0.05, 0.1) is 0 Å². The summed E-state index contributed by atoms with van der Waals surface area (Å²) in [5.41, 5.74) is 4.61. The molecule has 2 fully saturated rings. The van der Waals surface area contributed by atoms with Crippen LogP contribution in [0.5, 0.6) is 0 Å². The van der Waals surface area contributed by atoms with Gasteiger partial charge in [0.1, 0.15) is 5.82 Å². The number of nitrogens with zero attached hydrogens (tertiary/aromatic N) is 1. The number of likely N-dealkylation sites (tertiary alicyclic amines) is 1. The van der Waals surface area contributed by atoms with Crippen LogP contribution in [0.3, 0.4) is 0 Å². The molecule has 170 valence electrons. The molecule has 31 heavy (non-hydrogen) atoms. The minimum atomic E-state index is -5.17. The number of amides is 2. The van der Waals surface area contributed by atoms with Crippen molar-refractivity contribution in [3.05, 3.63) is 35.6 Å². The standard InChI is InChI=1S/C20H23F4N3O4/c21-15-4-2-1-3-12(15)9-13(25)10-16(28)27-8-5-14(11-27)26-17(29)19(6-7-19)31-18(30)20(22,23)24/h1-4,13-14H,5-11,25H2,(H,26,29)/t13-,14+/m1/s1. The van der Waals surface area contributed by atoms with E-state index in [1.165, 1.54) is 11.0 Å². The summed E-state index contributed by atoms with van der Waals surface area (Å²) in [5.74, 6) is -3.84. The van der Waals surface area contributed by atoms with Crippen LogP contribution in [0.2, 0.25) is 0 Å². The molecule has 1 aliphatic heterocycles. The summed E-state index contributed by atoms with van der Waals surface area (Å²) in [5, 5.41) is 2.57. The third-order valence-electron chi connectivity index (χ3n) is 5.39. The number of hydrogen-bond donors (Lipinski definition) is 2. The van der Waals surface area contributed by atoms with Crippen molar-refractivity contribution in [2.45, 2.75) is 56.0 Å². The van der Waals surface area contributed by atoms with Crippen molar-refractivity contribution in [2.24, 2.45) is 5.73 Å². The van der Waals surface area contributed by atoms with Gasteiger partial charge in [-0.1, -0.05) is 18.2 Å². The Labute approximate surface area is 175 Å². The molecule has 1 aliphatic carbocycles. The zero-order chi connectivity index (χ0) is 22.8. The number of ether oxygens (including phenoxy) is 1. The molecule has 7 nitrogen and oxygen atoms in total. The van der Waals surface area contributed by atoms with Gasteiger partial charge in [0, 0.05) is 44.4 Å². The monoisotopic (exact) mass is 445 g/mol. The molecule has 0 bridgehead atoms. The van der Waals surface area contributed by atoms with Gasteiger partial charge in [0.2, 0.25) is 5.91 Å². The van der Waals surface area contributed by atoms with Gasteiger partial charge < -0.3 is 20.7 Å². The SMILES string of the molecule is N[C@@H](CC(=O)N1CC[C@H](NC(=O)C2(OC(=O)C(F)(F)F)CC2)C1)Cc1ccccc1F. The normalized spacial score (nSPS) is 20.8. The minimum Gasteiger partial charge on any atom is -0.442 e. The number of benzene rings is 1. The predicted molar refractivity (Wildman–Crippen MR) is 99.9 cm³/mol. The number of halogens is 4. The fraction of sp³-hybridized carbons (Fsp3) is 0.550. The lowest BCUT2D eigenvalue weighted by Crippen LogP contribution is -2.47. The zero-order valence-electron chi connectivity index (χ0n) is 16.6. The van der Waals surface area contributed by atoms with E-state index in [9.17, 15) is 31.9 Å². The Morgan fingerprint density at radius 3 is 2.55 bits per heavy atom. The first-order valence-corrected chi connectivity index (χ1v) is 9.88. The maximum atomic E-state index is 13.7. The van der Waals surface area contributed by atoms with E-state index in [0.717, 1.165) is 0 Å². The number of nitrogens with two attached hydrogens (primary N) is 1. The summed E-state index contributed by atoms with van der Waals surface area (Å²) in [7, 11) is 0. The van der Waals surface area contributed by atoms with Gasteiger partial charge in [-0.15, -0.1) is 0 Å². The van der Waals surface area contributed by atoms with Crippen molar-refractivity contribution in [3.8, 4) is 0 Å². The third kappa shape index (κ3) is 5.72. The number of carbonyl (C=O) groups is 3. The van der Waals surface area contributed by atoms with Gasteiger partial charge >= 0.3 is 12.1 Å². The number of hydrogen-bond acceptors (Lipinski definition) is 5. The summed E-state index contributed by atoms with van der Waals surface area (Å²) >= 11 is 0. The first kappa shape index (κ1) is 23.0. The second kappa shape index (κ2) is 8.81. The predicted octanol–water partition coefficient (Wildman–Crippen LogP) is 1.44. The van der Waals surface area contributed by atoms with E-state index in [0.29, 0.717) is 18.5 Å². The summed E-state index contributed by atoms with van der Waals surface area (Å²) in [6, 6.07) is 5.09. The number of carbonyl (C=O) groups excluding carboxylic acids is 3. The molecular formula is C20H23F4N3O4. The van der Waals surface area contributed by atoms with Crippen molar-refractivity contribution in [3.63, 3.8) is 0 Å². The molecule has 0 spiro atoms. The van der Waals surface area contributed by atoms with Gasteiger partial charge in [-0.25, -0.2) is 9.18 Å². The van der Waals surface area contributed by atoms with Crippen LogP contribution in [-0.4, -0.2) is 59.6 Å². The Hall–Kier alpha value is -2.69. The second-order valence-electron chi connectivity index (χ2n) is 7.94. The van der Waals surface area contributed by atoms with Crippen molar-refractivity contribution in [1.82, 2.24) is 10.2 Å². The average molecular weight is 445 g/mol. The highest BCUT2D eigenvalue weighted by Gasteiger charge is 2.58. The van der Waals surface area contributed by atoms with E-state index < -0.39 is 41.6 Å². The molecule has 3 rings (SSSR count). The number of nitrogens with one attached hydrogen (secondary N) is 1. The van der Waals surface area contributed by atoms with Crippen LogP contribution < -0.4 is 11.1 Å². The third-order valence-corrected chi connectivity index (χ3v) is 5.39. The molecular weight excluding hydrogens is 422 g/mol. The van der Waals surface area contributed by atoms with Crippen molar-refractivity contribution in [1.29, 1.82) is 0 Å². The maximum Gasteiger partial charge on any atom is 0.490 e. The van der Waals surface area contributed by atoms with Crippen LogP contribution in [-0.2, 0) is 25.5 Å². The van der Waals surface area contributed by atoms with Gasteiger partial charge in [0.25, 0.3) is 5.91 Å². The second-order valence-corrected chi connectivity index (χ2v) is 7.94. The Kier molecular flexibility index (Phi) is 6.54. The summed E-state index contributed by atoms with van der Waals surface area (Å²) in [4.78, 5) is 37.3. The fourth-order valence-electron chi connectivity index (χ4n) is 3.52. The Balaban J connectivity index is 1.46. The highest BCUT2D eigenvalue weighted by atomic mass is 19.4. The molecule has 1 heterocycles. The highest BCUT2D eigenvalue weighted by molar-refractivity contribution is 5.91. The van der Waals surface area contributed by atoms with E-state index in [4.69, 9.17) is 5.73 Å². The van der Waals surface area contributed by atoms with Crippen molar-refractivity contribution in [2.75, 3.05) is 13.1 Å². The van der Waals surface area contributed by atoms with Crippen LogP contribution in [0.15, 0.2) is 24.3 Å². The van der Waals surface area contributed by atoms with E-state index in [1.807, 2.05) is 0 Å². The molecule has 2 amide bonds.